The molecular formula is C14H28ClN3O3. The van der Waals surface area contributed by atoms with E-state index in [0.717, 1.165) is 12.8 Å². The van der Waals surface area contributed by atoms with Crippen LogP contribution in [-0.2, 0) is 14.3 Å². The van der Waals surface area contributed by atoms with Crippen molar-refractivity contribution in [1.29, 1.82) is 0 Å². The molecule has 124 valence electrons. The summed E-state index contributed by atoms with van der Waals surface area (Å²) >= 11 is 0. The molecule has 1 rings (SSSR count). The highest BCUT2D eigenvalue weighted by molar-refractivity contribution is 5.87. The molecule has 21 heavy (non-hydrogen) atoms. The lowest BCUT2D eigenvalue weighted by Gasteiger charge is -2.30. The van der Waals surface area contributed by atoms with Gasteiger partial charge in [-0.2, -0.15) is 0 Å². The van der Waals surface area contributed by atoms with Crippen molar-refractivity contribution in [2.24, 2.45) is 11.7 Å². The zero-order chi connectivity index (χ0) is 15.1. The SMILES string of the molecule is CCN(CC)C(=O)CN(C)C(=O)C(N)C1CCOCC1.Cl. The van der Waals surface area contributed by atoms with Crippen LogP contribution in [-0.4, -0.2) is 67.6 Å². The van der Waals surface area contributed by atoms with Gasteiger partial charge in [0.25, 0.3) is 0 Å². The van der Waals surface area contributed by atoms with Crippen LogP contribution < -0.4 is 5.73 Å². The van der Waals surface area contributed by atoms with E-state index < -0.39 is 6.04 Å². The number of hydrogen-bond acceptors (Lipinski definition) is 4. The van der Waals surface area contributed by atoms with Crippen LogP contribution in [0.1, 0.15) is 26.7 Å². The Morgan fingerprint density at radius 2 is 1.76 bits per heavy atom. The third-order valence-electron chi connectivity index (χ3n) is 3.92. The van der Waals surface area contributed by atoms with E-state index in [2.05, 4.69) is 0 Å². The van der Waals surface area contributed by atoms with Crippen LogP contribution in [0.2, 0.25) is 0 Å². The first-order valence-corrected chi connectivity index (χ1v) is 7.37. The Hall–Kier alpha value is -0.850. The van der Waals surface area contributed by atoms with E-state index >= 15 is 0 Å². The molecule has 0 aromatic heterocycles. The van der Waals surface area contributed by atoms with Crippen molar-refractivity contribution in [1.82, 2.24) is 9.80 Å². The van der Waals surface area contributed by atoms with Gasteiger partial charge < -0.3 is 20.3 Å². The van der Waals surface area contributed by atoms with Crippen molar-refractivity contribution in [3.63, 3.8) is 0 Å². The second-order valence-electron chi connectivity index (χ2n) is 5.24. The molecule has 0 bridgehead atoms. The van der Waals surface area contributed by atoms with Crippen LogP contribution in [0.3, 0.4) is 0 Å². The van der Waals surface area contributed by atoms with Gasteiger partial charge in [-0.05, 0) is 32.6 Å². The maximum atomic E-state index is 12.3. The Balaban J connectivity index is 0.00000400. The van der Waals surface area contributed by atoms with E-state index in [4.69, 9.17) is 10.5 Å². The summed E-state index contributed by atoms with van der Waals surface area (Å²) < 4.78 is 5.27. The predicted octanol–water partition coefficient (Wildman–Crippen LogP) is 0.489. The molecule has 1 heterocycles. The standard InChI is InChI=1S/C14H27N3O3.ClH/c1-4-17(5-2)12(18)10-16(3)14(19)13(15)11-6-8-20-9-7-11;/h11,13H,4-10,15H2,1-3H3;1H. The first kappa shape index (κ1) is 20.1. The first-order chi connectivity index (χ1) is 9.51. The van der Waals surface area contributed by atoms with Crippen molar-refractivity contribution in [3.8, 4) is 0 Å². The van der Waals surface area contributed by atoms with Gasteiger partial charge in [-0.1, -0.05) is 0 Å². The summed E-state index contributed by atoms with van der Waals surface area (Å²) in [5.74, 6) is -0.0373. The smallest absolute Gasteiger partial charge is 0.242 e. The molecular weight excluding hydrogens is 294 g/mol. The molecule has 1 saturated heterocycles. The molecule has 0 spiro atoms. The van der Waals surface area contributed by atoms with Crippen molar-refractivity contribution >= 4 is 24.2 Å². The van der Waals surface area contributed by atoms with Gasteiger partial charge >= 0.3 is 0 Å². The highest BCUT2D eigenvalue weighted by Crippen LogP contribution is 2.18. The van der Waals surface area contributed by atoms with Crippen LogP contribution in [0.15, 0.2) is 0 Å². The summed E-state index contributed by atoms with van der Waals surface area (Å²) in [5.41, 5.74) is 6.04. The third-order valence-corrected chi connectivity index (χ3v) is 3.92. The lowest BCUT2D eigenvalue weighted by atomic mass is 9.91. The average Bonchev–Trinajstić information content (AvgIpc) is 2.47. The number of nitrogens with zero attached hydrogens (tertiary/aromatic N) is 2. The molecule has 1 aliphatic heterocycles. The fraction of sp³-hybridized carbons (Fsp3) is 0.857. The van der Waals surface area contributed by atoms with E-state index in [9.17, 15) is 9.59 Å². The van der Waals surface area contributed by atoms with E-state index in [1.165, 1.54) is 4.90 Å². The van der Waals surface area contributed by atoms with Crippen molar-refractivity contribution in [2.45, 2.75) is 32.7 Å². The molecule has 0 aromatic carbocycles. The van der Waals surface area contributed by atoms with Gasteiger partial charge in [0, 0.05) is 33.4 Å². The van der Waals surface area contributed by atoms with Crippen molar-refractivity contribution < 1.29 is 14.3 Å². The van der Waals surface area contributed by atoms with Crippen LogP contribution in [0.4, 0.5) is 0 Å². The Bertz CT molecular complexity index is 331. The molecule has 1 unspecified atom stereocenters. The Morgan fingerprint density at radius 1 is 1.24 bits per heavy atom. The summed E-state index contributed by atoms with van der Waals surface area (Å²) in [5, 5.41) is 0. The summed E-state index contributed by atoms with van der Waals surface area (Å²) in [7, 11) is 1.64. The second-order valence-corrected chi connectivity index (χ2v) is 5.24. The summed E-state index contributed by atoms with van der Waals surface area (Å²) in [4.78, 5) is 27.4. The molecule has 0 aliphatic carbocycles. The van der Waals surface area contributed by atoms with E-state index in [0.29, 0.717) is 26.3 Å². The quantitative estimate of drug-likeness (QED) is 0.772. The Morgan fingerprint density at radius 3 is 2.24 bits per heavy atom. The fourth-order valence-electron chi connectivity index (χ4n) is 2.49. The Kier molecular flexibility index (Phi) is 9.57. The topological polar surface area (TPSA) is 75.9 Å². The number of ether oxygens (including phenoxy) is 1. The minimum atomic E-state index is -0.534. The number of halogens is 1. The molecule has 2 N–H and O–H groups in total. The molecule has 1 atom stereocenters. The minimum Gasteiger partial charge on any atom is -0.381 e. The largest absolute Gasteiger partial charge is 0.381 e. The molecule has 1 aliphatic rings. The molecule has 7 heteroatoms. The summed E-state index contributed by atoms with van der Waals surface area (Å²) in [6, 6.07) is -0.534. The molecule has 2 amide bonds. The lowest BCUT2D eigenvalue weighted by molar-refractivity contribution is -0.141. The first-order valence-electron chi connectivity index (χ1n) is 7.37. The van der Waals surface area contributed by atoms with Crippen LogP contribution in [0.25, 0.3) is 0 Å². The monoisotopic (exact) mass is 321 g/mol. The van der Waals surface area contributed by atoms with Crippen LogP contribution in [0.5, 0.6) is 0 Å². The predicted molar refractivity (Wildman–Crippen MR) is 84.3 cm³/mol. The number of nitrogens with two attached hydrogens (primary N) is 1. The normalized spacial score (nSPS) is 16.8. The molecule has 0 saturated carbocycles. The maximum absolute atomic E-state index is 12.3. The van der Waals surface area contributed by atoms with Gasteiger partial charge in [-0.15, -0.1) is 12.4 Å². The maximum Gasteiger partial charge on any atom is 0.242 e. The van der Waals surface area contributed by atoms with Gasteiger partial charge in [0.05, 0.1) is 12.6 Å². The van der Waals surface area contributed by atoms with Crippen molar-refractivity contribution in [2.75, 3.05) is 39.9 Å². The highest BCUT2D eigenvalue weighted by Gasteiger charge is 2.29. The van der Waals surface area contributed by atoms with Gasteiger partial charge in [0.1, 0.15) is 0 Å². The lowest BCUT2D eigenvalue weighted by Crippen LogP contribution is -2.50. The van der Waals surface area contributed by atoms with Gasteiger partial charge in [0.15, 0.2) is 0 Å². The number of hydrogen-bond donors (Lipinski definition) is 1. The molecule has 1 fully saturated rings. The molecule has 6 nitrogen and oxygen atoms in total. The Labute approximate surface area is 133 Å². The average molecular weight is 322 g/mol. The summed E-state index contributed by atoms with van der Waals surface area (Å²) in [6.07, 6.45) is 1.62. The number of likely N-dealkylation sites (N-methyl/N-ethyl adjacent to an activating group) is 2. The van der Waals surface area contributed by atoms with E-state index in [-0.39, 0.29) is 36.7 Å². The van der Waals surface area contributed by atoms with Crippen molar-refractivity contribution in [3.05, 3.63) is 0 Å². The summed E-state index contributed by atoms with van der Waals surface area (Å²) in [6.45, 7) is 6.58. The zero-order valence-corrected chi connectivity index (χ0v) is 14.0. The fourth-order valence-corrected chi connectivity index (χ4v) is 2.49. The minimum absolute atomic E-state index is 0. The van der Waals surface area contributed by atoms with Crippen LogP contribution in [0, 0.1) is 5.92 Å². The van der Waals surface area contributed by atoms with Gasteiger partial charge in [-0.3, -0.25) is 9.59 Å². The van der Waals surface area contributed by atoms with E-state index in [1.807, 2.05) is 13.8 Å². The zero-order valence-electron chi connectivity index (χ0n) is 13.2. The molecule has 0 aromatic rings. The second kappa shape index (κ2) is 9.97. The van der Waals surface area contributed by atoms with Gasteiger partial charge in [-0.25, -0.2) is 0 Å². The number of rotatable bonds is 6. The third kappa shape index (κ3) is 5.80. The van der Waals surface area contributed by atoms with E-state index in [1.54, 1.807) is 11.9 Å². The van der Waals surface area contributed by atoms with Gasteiger partial charge in [0.2, 0.25) is 11.8 Å². The number of carbonyl (C=O) groups is 2. The molecule has 0 radical (unpaired) electrons. The van der Waals surface area contributed by atoms with Crippen LogP contribution >= 0.6 is 12.4 Å². The highest BCUT2D eigenvalue weighted by atomic mass is 35.5. The number of amides is 2. The number of carbonyl (C=O) groups excluding carboxylic acids is 2.